The molecule has 3 aromatic rings. The molecule has 0 aliphatic carbocycles. The summed E-state index contributed by atoms with van der Waals surface area (Å²) in [6.07, 6.45) is 1.82. The molecule has 120 valence electrons. The van der Waals surface area contributed by atoms with Crippen molar-refractivity contribution in [1.82, 2.24) is 4.98 Å². The first-order valence-corrected chi connectivity index (χ1v) is 8.94. The molecule has 0 spiro atoms. The number of aromatic nitrogens is 1. The number of ether oxygens (including phenoxy) is 2. The monoisotopic (exact) mass is 400 g/mol. The molecule has 0 fully saturated rings. The van der Waals surface area contributed by atoms with Crippen LogP contribution in [0.3, 0.4) is 0 Å². The minimum atomic E-state index is 0.513. The third-order valence-corrected chi connectivity index (χ3v) is 5.09. The number of aliphatic imine (C=N–C) groups is 1. The Hall–Kier alpha value is -2.18. The van der Waals surface area contributed by atoms with Gasteiger partial charge in [0.15, 0.2) is 0 Å². The highest BCUT2D eigenvalue weighted by Gasteiger charge is 2.22. The average molecular weight is 401 g/mol. The van der Waals surface area contributed by atoms with Crippen molar-refractivity contribution in [3.63, 3.8) is 0 Å². The minimum Gasteiger partial charge on any atom is -0.497 e. The molecule has 2 aromatic carbocycles. The Labute approximate surface area is 151 Å². The first-order chi connectivity index (χ1) is 11.7. The molecule has 0 bridgehead atoms. The second-order valence-electron chi connectivity index (χ2n) is 5.23. The second kappa shape index (κ2) is 6.37. The lowest BCUT2D eigenvalue weighted by atomic mass is 10.1. The van der Waals surface area contributed by atoms with Gasteiger partial charge in [0.05, 0.1) is 17.7 Å². The lowest BCUT2D eigenvalue weighted by Crippen LogP contribution is -2.03. The summed E-state index contributed by atoms with van der Waals surface area (Å²) in [4.78, 5) is 10.3. The smallest absolute Gasteiger partial charge is 0.210 e. The maximum Gasteiger partial charge on any atom is 0.210 e. The molecule has 4 nitrogen and oxygen atoms in total. The maximum absolute atomic E-state index is 5.82. The van der Waals surface area contributed by atoms with E-state index in [2.05, 4.69) is 25.9 Å². The van der Waals surface area contributed by atoms with Crippen LogP contribution in [0.15, 0.2) is 51.9 Å². The van der Waals surface area contributed by atoms with Crippen molar-refractivity contribution in [1.29, 1.82) is 0 Å². The Balaban J connectivity index is 1.66. The first-order valence-electron chi connectivity index (χ1n) is 7.33. The Morgan fingerprint density at radius 1 is 1.29 bits per heavy atom. The van der Waals surface area contributed by atoms with E-state index in [-0.39, 0.29) is 0 Å². The summed E-state index contributed by atoms with van der Waals surface area (Å²) in [6.45, 7) is 0.513. The lowest BCUT2D eigenvalue weighted by Gasteiger charge is -2.16. The van der Waals surface area contributed by atoms with Crippen LogP contribution in [0.25, 0.3) is 11.3 Å². The average Bonchev–Trinajstić information content (AvgIpc) is 3.03. The van der Waals surface area contributed by atoms with Crippen molar-refractivity contribution in [2.45, 2.75) is 6.61 Å². The Kier molecular flexibility index (Phi) is 4.08. The van der Waals surface area contributed by atoms with E-state index >= 15 is 0 Å². The number of thiazole rings is 1. The molecule has 0 atom stereocenters. The molecular formula is C18H13BrN2O2S. The standard InChI is InChI=1S/C18H13BrN2O2S/c1-22-13-5-6-14-15(8-13)23-10-16-17(14)21-18(24-16)20-9-11-3-2-4-12(19)7-11/h2-9H,10H2,1H3. The normalized spacial score (nSPS) is 12.6. The fourth-order valence-electron chi connectivity index (χ4n) is 2.51. The van der Waals surface area contributed by atoms with Gasteiger partial charge in [-0.2, -0.15) is 0 Å². The molecule has 1 aromatic heterocycles. The third kappa shape index (κ3) is 2.95. The summed E-state index contributed by atoms with van der Waals surface area (Å²) >= 11 is 5.02. The van der Waals surface area contributed by atoms with Crippen LogP contribution in [0.4, 0.5) is 5.13 Å². The zero-order chi connectivity index (χ0) is 16.5. The molecule has 6 heteroatoms. The van der Waals surface area contributed by atoms with Crippen molar-refractivity contribution in [2.75, 3.05) is 7.11 Å². The van der Waals surface area contributed by atoms with Gasteiger partial charge in [-0.15, -0.1) is 0 Å². The molecule has 0 unspecified atom stereocenters. The highest BCUT2D eigenvalue weighted by Crippen LogP contribution is 2.42. The number of benzene rings is 2. The fourth-order valence-corrected chi connectivity index (χ4v) is 3.76. The van der Waals surface area contributed by atoms with Gasteiger partial charge in [0.1, 0.15) is 18.1 Å². The molecule has 4 rings (SSSR count). The van der Waals surface area contributed by atoms with E-state index in [9.17, 15) is 0 Å². The molecule has 0 radical (unpaired) electrons. The van der Waals surface area contributed by atoms with Crippen LogP contribution in [0.2, 0.25) is 0 Å². The Morgan fingerprint density at radius 2 is 2.21 bits per heavy atom. The number of halogens is 1. The quantitative estimate of drug-likeness (QED) is 0.565. The predicted octanol–water partition coefficient (Wildman–Crippen LogP) is 5.22. The van der Waals surface area contributed by atoms with Crippen molar-refractivity contribution < 1.29 is 9.47 Å². The van der Waals surface area contributed by atoms with E-state index in [1.165, 1.54) is 0 Å². The van der Waals surface area contributed by atoms with Crippen molar-refractivity contribution >= 4 is 38.6 Å². The van der Waals surface area contributed by atoms with Gasteiger partial charge >= 0.3 is 0 Å². The van der Waals surface area contributed by atoms with E-state index in [0.717, 1.165) is 42.8 Å². The van der Waals surface area contributed by atoms with Gasteiger partial charge < -0.3 is 9.47 Å². The highest BCUT2D eigenvalue weighted by molar-refractivity contribution is 9.10. The summed E-state index contributed by atoms with van der Waals surface area (Å²) < 4.78 is 12.1. The maximum atomic E-state index is 5.82. The molecule has 0 amide bonds. The van der Waals surface area contributed by atoms with E-state index in [0.29, 0.717) is 6.61 Å². The van der Waals surface area contributed by atoms with Gasteiger partial charge in [0.2, 0.25) is 5.13 Å². The number of rotatable bonds is 3. The number of methoxy groups -OCH3 is 1. The topological polar surface area (TPSA) is 43.7 Å². The number of fused-ring (bicyclic) bond motifs is 3. The highest BCUT2D eigenvalue weighted by atomic mass is 79.9. The molecule has 2 heterocycles. The van der Waals surface area contributed by atoms with Gasteiger partial charge in [0.25, 0.3) is 0 Å². The van der Waals surface area contributed by atoms with Crippen molar-refractivity contribution in [3.05, 3.63) is 57.4 Å². The van der Waals surface area contributed by atoms with Gasteiger partial charge in [-0.3, -0.25) is 0 Å². The van der Waals surface area contributed by atoms with Gasteiger partial charge in [0, 0.05) is 22.3 Å². The molecule has 0 N–H and O–H groups in total. The van der Waals surface area contributed by atoms with E-state index < -0.39 is 0 Å². The second-order valence-corrected chi connectivity index (χ2v) is 7.21. The zero-order valence-corrected chi connectivity index (χ0v) is 15.2. The number of hydrogen-bond acceptors (Lipinski definition) is 5. The number of nitrogens with zero attached hydrogens (tertiary/aromatic N) is 2. The molecule has 0 saturated carbocycles. The predicted molar refractivity (Wildman–Crippen MR) is 99.8 cm³/mol. The molecular weight excluding hydrogens is 388 g/mol. The number of hydrogen-bond donors (Lipinski definition) is 0. The van der Waals surface area contributed by atoms with E-state index in [1.807, 2.05) is 48.7 Å². The summed E-state index contributed by atoms with van der Waals surface area (Å²) in [5.41, 5.74) is 2.96. The Bertz CT molecular complexity index is 937. The fraction of sp³-hybridized carbons (Fsp3) is 0.111. The van der Waals surface area contributed by atoms with Gasteiger partial charge in [-0.25, -0.2) is 9.98 Å². The van der Waals surface area contributed by atoms with E-state index in [1.54, 1.807) is 18.4 Å². The van der Waals surface area contributed by atoms with Crippen molar-refractivity contribution in [3.8, 4) is 22.8 Å². The third-order valence-electron chi connectivity index (χ3n) is 3.66. The summed E-state index contributed by atoms with van der Waals surface area (Å²) in [5, 5.41) is 0.729. The van der Waals surface area contributed by atoms with Crippen LogP contribution in [0.1, 0.15) is 10.4 Å². The minimum absolute atomic E-state index is 0.513. The first kappa shape index (κ1) is 15.4. The Morgan fingerprint density at radius 3 is 3.04 bits per heavy atom. The summed E-state index contributed by atoms with van der Waals surface area (Å²) in [6, 6.07) is 13.8. The molecule has 1 aliphatic rings. The van der Waals surface area contributed by atoms with Crippen LogP contribution in [0.5, 0.6) is 11.5 Å². The van der Waals surface area contributed by atoms with Crippen LogP contribution in [0, 0.1) is 0 Å². The lowest BCUT2D eigenvalue weighted by molar-refractivity contribution is 0.303. The summed E-state index contributed by atoms with van der Waals surface area (Å²) in [5.74, 6) is 1.58. The van der Waals surface area contributed by atoms with Gasteiger partial charge in [-0.1, -0.05) is 39.4 Å². The zero-order valence-electron chi connectivity index (χ0n) is 12.8. The SMILES string of the molecule is COc1ccc2c(c1)OCc1sc(N=Cc3cccc(Br)c3)nc1-2. The van der Waals surface area contributed by atoms with Crippen LogP contribution < -0.4 is 9.47 Å². The van der Waals surface area contributed by atoms with Gasteiger partial charge in [-0.05, 0) is 29.8 Å². The summed E-state index contributed by atoms with van der Waals surface area (Å²) in [7, 11) is 1.65. The molecule has 0 saturated heterocycles. The van der Waals surface area contributed by atoms with Crippen LogP contribution >= 0.6 is 27.3 Å². The van der Waals surface area contributed by atoms with E-state index in [4.69, 9.17) is 9.47 Å². The largest absolute Gasteiger partial charge is 0.497 e. The molecule has 1 aliphatic heterocycles. The molecule has 24 heavy (non-hydrogen) atoms. The van der Waals surface area contributed by atoms with Crippen molar-refractivity contribution in [2.24, 2.45) is 4.99 Å². The van der Waals surface area contributed by atoms with Crippen LogP contribution in [-0.4, -0.2) is 18.3 Å². The van der Waals surface area contributed by atoms with Crippen LogP contribution in [-0.2, 0) is 6.61 Å².